The van der Waals surface area contributed by atoms with Crippen molar-refractivity contribution in [2.24, 2.45) is 5.73 Å². The minimum Gasteiger partial charge on any atom is -0.508 e. The molecule has 0 saturated heterocycles. The van der Waals surface area contributed by atoms with Crippen LogP contribution in [0, 0.1) is 0 Å². The lowest BCUT2D eigenvalue weighted by Crippen LogP contribution is -2.12. The Balaban J connectivity index is 2.09. The summed E-state index contributed by atoms with van der Waals surface area (Å²) in [5, 5.41) is 9.88. The van der Waals surface area contributed by atoms with E-state index >= 15 is 0 Å². The molecule has 3 aromatic rings. The number of nitrogens with two attached hydrogens (primary N) is 1. The summed E-state index contributed by atoms with van der Waals surface area (Å²) in [6.07, 6.45) is 1.68. The van der Waals surface area contributed by atoms with E-state index in [2.05, 4.69) is 4.98 Å². The zero-order chi connectivity index (χ0) is 14.8. The number of aromatic nitrogens is 1. The van der Waals surface area contributed by atoms with Crippen LogP contribution in [0.4, 0.5) is 0 Å². The fourth-order valence-electron chi connectivity index (χ4n) is 1.96. The van der Waals surface area contributed by atoms with Crippen LogP contribution in [0.2, 0.25) is 0 Å². The van der Waals surface area contributed by atoms with E-state index in [1.165, 1.54) is 11.3 Å². The number of rotatable bonds is 3. The van der Waals surface area contributed by atoms with Crippen LogP contribution < -0.4 is 5.73 Å². The Morgan fingerprint density at radius 3 is 2.52 bits per heavy atom. The average molecular weight is 296 g/mol. The van der Waals surface area contributed by atoms with Crippen molar-refractivity contribution in [2.75, 3.05) is 0 Å². The van der Waals surface area contributed by atoms with Crippen molar-refractivity contribution < 1.29 is 9.90 Å². The molecule has 5 heteroatoms. The van der Waals surface area contributed by atoms with Crippen LogP contribution in [-0.4, -0.2) is 16.0 Å². The lowest BCUT2D eigenvalue weighted by atomic mass is 10.1. The minimum absolute atomic E-state index is 0.174. The molecule has 0 aliphatic carbocycles. The fourth-order valence-corrected chi connectivity index (χ4v) is 2.95. The summed E-state index contributed by atoms with van der Waals surface area (Å²) in [6.45, 7) is 0. The number of phenolic OH excluding ortho intramolecular Hbond substituents is 1. The van der Waals surface area contributed by atoms with Crippen LogP contribution in [0.1, 0.15) is 10.6 Å². The van der Waals surface area contributed by atoms with Gasteiger partial charge in [0.2, 0.25) is 0 Å². The van der Waals surface area contributed by atoms with Crippen molar-refractivity contribution in [3.63, 3.8) is 0 Å². The van der Waals surface area contributed by atoms with Crippen LogP contribution >= 0.6 is 11.3 Å². The number of hydrogen-bond acceptors (Lipinski definition) is 4. The van der Waals surface area contributed by atoms with E-state index in [4.69, 9.17) is 5.73 Å². The molecule has 4 nitrogen and oxygen atoms in total. The van der Waals surface area contributed by atoms with Crippen LogP contribution in [0.15, 0.2) is 48.5 Å². The molecule has 3 N–H and O–H groups in total. The largest absolute Gasteiger partial charge is 0.508 e. The molecule has 0 spiro atoms. The first kappa shape index (κ1) is 13.3. The summed E-state index contributed by atoms with van der Waals surface area (Å²) in [5.74, 6) is -0.352. The third-order valence-electron chi connectivity index (χ3n) is 2.99. The number of primary amides is 1. The summed E-state index contributed by atoms with van der Waals surface area (Å²) in [6, 6.07) is 14.2. The molecule has 0 aliphatic rings. The maximum Gasteiger partial charge on any atom is 0.251 e. The second kappa shape index (κ2) is 5.38. The highest BCUT2D eigenvalue weighted by Gasteiger charge is 2.13. The lowest BCUT2D eigenvalue weighted by molar-refractivity contribution is -0.112. The number of fused-ring (bicyclic) bond motifs is 1. The molecule has 0 atom stereocenters. The standard InChI is InChI=1S/C16H12N2O2S/c17-15(20)12(9-10-5-7-11(19)8-6-10)16-18-13-3-1-2-4-14(13)21-16/h1-9,19H,(H2,17,20)/b12-9+. The SMILES string of the molecule is NC(=O)/C(=C\c1ccc(O)cc1)c1nc2ccccc2s1. The molecule has 0 saturated carbocycles. The van der Waals surface area contributed by atoms with Gasteiger partial charge in [0.25, 0.3) is 5.91 Å². The Labute approximate surface area is 125 Å². The van der Waals surface area contributed by atoms with Crippen LogP contribution in [0.25, 0.3) is 21.9 Å². The number of carbonyl (C=O) groups excluding carboxylic acids is 1. The Bertz CT molecular complexity index is 802. The van der Waals surface area contributed by atoms with Crippen molar-refractivity contribution in [3.8, 4) is 5.75 Å². The van der Waals surface area contributed by atoms with Gasteiger partial charge < -0.3 is 10.8 Å². The van der Waals surface area contributed by atoms with Gasteiger partial charge in [-0.25, -0.2) is 4.98 Å². The summed E-state index contributed by atoms with van der Waals surface area (Å²) in [4.78, 5) is 16.2. The van der Waals surface area contributed by atoms with Gasteiger partial charge in [0.05, 0.1) is 15.8 Å². The summed E-state index contributed by atoms with van der Waals surface area (Å²) >= 11 is 1.43. The van der Waals surface area contributed by atoms with E-state index in [1.54, 1.807) is 30.3 Å². The zero-order valence-corrected chi connectivity index (χ0v) is 11.8. The highest BCUT2D eigenvalue weighted by atomic mass is 32.1. The lowest BCUT2D eigenvalue weighted by Gasteiger charge is -2.00. The van der Waals surface area contributed by atoms with Gasteiger partial charge in [-0.3, -0.25) is 4.79 Å². The van der Waals surface area contributed by atoms with Gasteiger partial charge in [-0.15, -0.1) is 11.3 Å². The molecular weight excluding hydrogens is 284 g/mol. The Morgan fingerprint density at radius 1 is 1.14 bits per heavy atom. The van der Waals surface area contributed by atoms with Gasteiger partial charge in [-0.1, -0.05) is 24.3 Å². The van der Waals surface area contributed by atoms with E-state index in [0.717, 1.165) is 15.8 Å². The third kappa shape index (κ3) is 2.78. The molecule has 0 aliphatic heterocycles. The number of aromatic hydroxyl groups is 1. The van der Waals surface area contributed by atoms with Gasteiger partial charge in [-0.2, -0.15) is 0 Å². The van der Waals surface area contributed by atoms with Crippen molar-refractivity contribution in [2.45, 2.75) is 0 Å². The topological polar surface area (TPSA) is 76.2 Å². The highest BCUT2D eigenvalue weighted by Crippen LogP contribution is 2.28. The summed E-state index contributed by atoms with van der Waals surface area (Å²) < 4.78 is 1.00. The number of amides is 1. The number of phenols is 1. The van der Waals surface area contributed by atoms with Gasteiger partial charge in [-0.05, 0) is 35.9 Å². The van der Waals surface area contributed by atoms with Gasteiger partial charge in [0.1, 0.15) is 10.8 Å². The normalized spacial score (nSPS) is 11.7. The molecule has 1 heterocycles. The fraction of sp³-hybridized carbons (Fsp3) is 0. The number of para-hydroxylation sites is 1. The predicted octanol–water partition coefficient (Wildman–Crippen LogP) is 3.03. The number of carbonyl (C=O) groups is 1. The first-order valence-corrected chi connectivity index (χ1v) is 7.11. The first-order valence-electron chi connectivity index (χ1n) is 6.30. The van der Waals surface area contributed by atoms with Gasteiger partial charge in [0.15, 0.2) is 0 Å². The third-order valence-corrected chi connectivity index (χ3v) is 4.06. The van der Waals surface area contributed by atoms with Crippen LogP contribution in [0.5, 0.6) is 5.75 Å². The average Bonchev–Trinajstić information content (AvgIpc) is 2.89. The number of thiazole rings is 1. The second-order valence-corrected chi connectivity index (χ2v) is 5.53. The van der Waals surface area contributed by atoms with Gasteiger partial charge >= 0.3 is 0 Å². The molecule has 104 valence electrons. The van der Waals surface area contributed by atoms with E-state index in [9.17, 15) is 9.90 Å². The molecule has 0 bridgehead atoms. The predicted molar refractivity (Wildman–Crippen MR) is 84.8 cm³/mol. The summed E-state index contributed by atoms with van der Waals surface area (Å²) in [5.41, 5.74) is 7.46. The van der Waals surface area contributed by atoms with Crippen molar-refractivity contribution >= 4 is 39.1 Å². The first-order chi connectivity index (χ1) is 10.1. The van der Waals surface area contributed by atoms with Gasteiger partial charge in [0, 0.05) is 0 Å². The summed E-state index contributed by atoms with van der Waals surface area (Å²) in [7, 11) is 0. The van der Waals surface area contributed by atoms with Crippen molar-refractivity contribution in [1.29, 1.82) is 0 Å². The molecule has 2 aromatic carbocycles. The molecule has 0 radical (unpaired) electrons. The Hall–Kier alpha value is -2.66. The molecular formula is C16H12N2O2S. The monoisotopic (exact) mass is 296 g/mol. The van der Waals surface area contributed by atoms with E-state index in [1.807, 2.05) is 24.3 Å². The number of hydrogen-bond donors (Lipinski definition) is 2. The quantitative estimate of drug-likeness (QED) is 0.729. The van der Waals surface area contributed by atoms with Crippen LogP contribution in [0.3, 0.4) is 0 Å². The maximum absolute atomic E-state index is 11.7. The molecule has 0 fully saturated rings. The Morgan fingerprint density at radius 2 is 1.86 bits per heavy atom. The number of nitrogens with zero attached hydrogens (tertiary/aromatic N) is 1. The minimum atomic E-state index is -0.526. The molecule has 0 unspecified atom stereocenters. The molecule has 1 aromatic heterocycles. The zero-order valence-electron chi connectivity index (χ0n) is 11.0. The molecule has 21 heavy (non-hydrogen) atoms. The van der Waals surface area contributed by atoms with E-state index in [-0.39, 0.29) is 5.75 Å². The van der Waals surface area contributed by atoms with Crippen LogP contribution in [-0.2, 0) is 4.79 Å². The van der Waals surface area contributed by atoms with E-state index in [0.29, 0.717) is 10.6 Å². The molecule has 1 amide bonds. The van der Waals surface area contributed by atoms with E-state index < -0.39 is 5.91 Å². The highest BCUT2D eigenvalue weighted by molar-refractivity contribution is 7.19. The smallest absolute Gasteiger partial charge is 0.251 e. The van der Waals surface area contributed by atoms with Crippen molar-refractivity contribution in [3.05, 3.63) is 59.1 Å². The Kier molecular flexibility index (Phi) is 3.41. The maximum atomic E-state index is 11.7. The van der Waals surface area contributed by atoms with Crippen molar-refractivity contribution in [1.82, 2.24) is 4.98 Å². The number of benzene rings is 2. The molecule has 3 rings (SSSR count). The second-order valence-electron chi connectivity index (χ2n) is 4.50.